The van der Waals surface area contributed by atoms with Crippen molar-refractivity contribution in [2.45, 2.75) is 32.6 Å². The maximum atomic E-state index is 12.5. The molecule has 184 valence electrons. The minimum atomic E-state index is -0.512. The first kappa shape index (κ1) is 25.5. The lowest BCUT2D eigenvalue weighted by Gasteiger charge is -2.24. The highest BCUT2D eigenvalue weighted by Crippen LogP contribution is 2.44. The zero-order valence-corrected chi connectivity index (χ0v) is 19.9. The Balaban J connectivity index is 1.43. The average molecular weight is 472 g/mol. The van der Waals surface area contributed by atoms with Gasteiger partial charge in [0.2, 0.25) is 0 Å². The van der Waals surface area contributed by atoms with Crippen molar-refractivity contribution in [3.05, 3.63) is 47.5 Å². The second kappa shape index (κ2) is 13.0. The van der Waals surface area contributed by atoms with Gasteiger partial charge >= 0.3 is 12.1 Å². The van der Waals surface area contributed by atoms with E-state index >= 15 is 0 Å². The van der Waals surface area contributed by atoms with Crippen LogP contribution in [-0.4, -0.2) is 58.8 Å². The highest BCUT2D eigenvalue weighted by atomic mass is 16.6. The molecule has 2 aromatic rings. The van der Waals surface area contributed by atoms with Gasteiger partial charge in [-0.15, -0.1) is 0 Å². The number of ether oxygens (including phenoxy) is 5. The standard InChI is InChI=1S/C26H33NO7/c1-18(2)25(28)33-17-16-32-15-14-31-13-12-27-26(29)34-24-21-10-6-4-8-19(21)23(30-3)20-9-5-7-11-22(20)24/h4,6,8,10H,1,5,7,9,11-17H2,2-3H3,(H,27,29). The molecular weight excluding hydrogens is 438 g/mol. The predicted molar refractivity (Wildman–Crippen MR) is 129 cm³/mol. The summed E-state index contributed by atoms with van der Waals surface area (Å²) in [6.45, 7) is 6.91. The molecule has 0 bridgehead atoms. The summed E-state index contributed by atoms with van der Waals surface area (Å²) in [5, 5.41) is 4.56. The van der Waals surface area contributed by atoms with Crippen LogP contribution in [0.4, 0.5) is 4.79 Å². The number of esters is 1. The van der Waals surface area contributed by atoms with Crippen LogP contribution >= 0.6 is 0 Å². The number of carbonyl (C=O) groups excluding carboxylic acids is 2. The van der Waals surface area contributed by atoms with Gasteiger partial charge in [-0.1, -0.05) is 30.8 Å². The lowest BCUT2D eigenvalue weighted by atomic mass is 9.87. The Bertz CT molecular complexity index is 1020. The highest BCUT2D eigenvalue weighted by Gasteiger charge is 2.24. The second-order valence-corrected chi connectivity index (χ2v) is 8.03. The zero-order chi connectivity index (χ0) is 24.3. The molecule has 0 spiro atoms. The zero-order valence-electron chi connectivity index (χ0n) is 19.9. The molecule has 0 saturated heterocycles. The average Bonchev–Trinajstić information content (AvgIpc) is 2.85. The first-order valence-corrected chi connectivity index (χ1v) is 11.6. The van der Waals surface area contributed by atoms with Crippen molar-refractivity contribution in [2.24, 2.45) is 0 Å². The van der Waals surface area contributed by atoms with Crippen LogP contribution in [-0.2, 0) is 31.8 Å². The van der Waals surface area contributed by atoms with Crippen molar-refractivity contribution in [1.82, 2.24) is 5.32 Å². The SMILES string of the molecule is C=C(C)C(=O)OCCOCCOCCNC(=O)Oc1c2c(c(OC)c3ccccc13)CCCC2. The smallest absolute Gasteiger partial charge is 0.412 e. The molecule has 1 aliphatic carbocycles. The lowest BCUT2D eigenvalue weighted by molar-refractivity contribution is -0.140. The summed E-state index contributed by atoms with van der Waals surface area (Å²) in [4.78, 5) is 23.7. The van der Waals surface area contributed by atoms with E-state index < -0.39 is 12.1 Å². The number of nitrogens with one attached hydrogen (secondary N) is 1. The van der Waals surface area contributed by atoms with Crippen molar-refractivity contribution in [2.75, 3.05) is 46.7 Å². The van der Waals surface area contributed by atoms with Crippen LogP contribution in [0.15, 0.2) is 36.4 Å². The summed E-state index contributed by atoms with van der Waals surface area (Å²) in [5.41, 5.74) is 2.54. The Hall–Kier alpha value is -3.10. The van der Waals surface area contributed by atoms with E-state index in [0.29, 0.717) is 37.7 Å². The third-order valence-corrected chi connectivity index (χ3v) is 5.53. The van der Waals surface area contributed by atoms with Crippen LogP contribution in [0, 0.1) is 0 Å². The number of benzene rings is 2. The molecule has 0 atom stereocenters. The number of hydrogen-bond donors (Lipinski definition) is 1. The van der Waals surface area contributed by atoms with E-state index in [1.165, 1.54) is 0 Å². The minimum Gasteiger partial charge on any atom is -0.496 e. The topological polar surface area (TPSA) is 92.3 Å². The van der Waals surface area contributed by atoms with E-state index in [9.17, 15) is 9.59 Å². The van der Waals surface area contributed by atoms with Crippen LogP contribution in [0.25, 0.3) is 10.8 Å². The monoisotopic (exact) mass is 471 g/mol. The third-order valence-electron chi connectivity index (χ3n) is 5.53. The van der Waals surface area contributed by atoms with E-state index in [0.717, 1.165) is 53.3 Å². The fraction of sp³-hybridized carbons (Fsp3) is 0.462. The highest BCUT2D eigenvalue weighted by molar-refractivity contribution is 5.97. The van der Waals surface area contributed by atoms with Gasteiger partial charge in [0.1, 0.15) is 18.1 Å². The second-order valence-electron chi connectivity index (χ2n) is 8.03. The largest absolute Gasteiger partial charge is 0.496 e. The van der Waals surface area contributed by atoms with Crippen molar-refractivity contribution in [3.8, 4) is 11.5 Å². The number of methoxy groups -OCH3 is 1. The maximum Gasteiger partial charge on any atom is 0.412 e. The molecule has 0 radical (unpaired) electrons. The fourth-order valence-corrected chi connectivity index (χ4v) is 3.95. The summed E-state index contributed by atoms with van der Waals surface area (Å²) in [6, 6.07) is 7.84. The van der Waals surface area contributed by atoms with Crippen LogP contribution in [0.1, 0.15) is 30.9 Å². The summed E-state index contributed by atoms with van der Waals surface area (Å²) >= 11 is 0. The molecule has 1 N–H and O–H groups in total. The minimum absolute atomic E-state index is 0.169. The van der Waals surface area contributed by atoms with Gasteiger partial charge in [0, 0.05) is 34.0 Å². The molecule has 1 amide bonds. The third kappa shape index (κ3) is 6.71. The maximum absolute atomic E-state index is 12.5. The van der Waals surface area contributed by atoms with Gasteiger partial charge in [0.25, 0.3) is 0 Å². The Kier molecular flexibility index (Phi) is 9.73. The van der Waals surface area contributed by atoms with Gasteiger partial charge in [-0.2, -0.15) is 0 Å². The molecule has 2 aromatic carbocycles. The molecule has 3 rings (SSSR count). The van der Waals surface area contributed by atoms with Crippen molar-refractivity contribution < 1.29 is 33.3 Å². The molecule has 0 aliphatic heterocycles. The van der Waals surface area contributed by atoms with Gasteiger partial charge in [0.15, 0.2) is 0 Å². The molecular formula is C26H33NO7. The predicted octanol–water partition coefficient (Wildman–Crippen LogP) is 3.97. The van der Waals surface area contributed by atoms with Gasteiger partial charge < -0.3 is 29.0 Å². The van der Waals surface area contributed by atoms with Crippen molar-refractivity contribution in [1.29, 1.82) is 0 Å². The molecule has 1 aliphatic rings. The van der Waals surface area contributed by atoms with Crippen molar-refractivity contribution in [3.63, 3.8) is 0 Å². The van der Waals surface area contributed by atoms with Crippen LogP contribution < -0.4 is 14.8 Å². The number of rotatable bonds is 12. The van der Waals surface area contributed by atoms with Crippen LogP contribution in [0.2, 0.25) is 0 Å². The summed E-state index contributed by atoms with van der Waals surface area (Å²) in [7, 11) is 1.69. The van der Waals surface area contributed by atoms with Crippen LogP contribution in [0.5, 0.6) is 11.5 Å². The normalized spacial score (nSPS) is 12.6. The molecule has 0 saturated carbocycles. The summed E-state index contributed by atoms with van der Waals surface area (Å²) in [6.07, 6.45) is 3.40. The first-order valence-electron chi connectivity index (χ1n) is 11.6. The molecule has 0 unspecified atom stereocenters. The number of amides is 1. The van der Waals surface area contributed by atoms with E-state index in [2.05, 4.69) is 11.9 Å². The van der Waals surface area contributed by atoms with E-state index in [1.54, 1.807) is 14.0 Å². The van der Waals surface area contributed by atoms with Gasteiger partial charge in [-0.05, 0) is 32.6 Å². The summed E-state index contributed by atoms with van der Waals surface area (Å²) < 4.78 is 27.2. The Morgan fingerprint density at radius 2 is 1.50 bits per heavy atom. The lowest BCUT2D eigenvalue weighted by Crippen LogP contribution is -2.31. The Morgan fingerprint density at radius 3 is 2.15 bits per heavy atom. The molecule has 0 aromatic heterocycles. The Labute approximate surface area is 200 Å². The van der Waals surface area contributed by atoms with E-state index in [4.69, 9.17) is 23.7 Å². The quantitative estimate of drug-likeness (QED) is 0.284. The van der Waals surface area contributed by atoms with Gasteiger partial charge in [-0.25, -0.2) is 9.59 Å². The number of hydrogen-bond acceptors (Lipinski definition) is 7. The van der Waals surface area contributed by atoms with Crippen molar-refractivity contribution >= 4 is 22.8 Å². The molecule has 8 heteroatoms. The van der Waals surface area contributed by atoms with Gasteiger partial charge in [-0.3, -0.25) is 0 Å². The molecule has 0 heterocycles. The summed E-state index contributed by atoms with van der Waals surface area (Å²) in [5.74, 6) is 1.06. The first-order chi connectivity index (χ1) is 16.5. The van der Waals surface area contributed by atoms with E-state index in [1.807, 2.05) is 24.3 Å². The molecule has 0 fully saturated rings. The van der Waals surface area contributed by atoms with Gasteiger partial charge in [0.05, 0.1) is 33.5 Å². The Morgan fingerprint density at radius 1 is 0.912 bits per heavy atom. The number of carbonyl (C=O) groups is 2. The molecule has 34 heavy (non-hydrogen) atoms. The van der Waals surface area contributed by atoms with E-state index in [-0.39, 0.29) is 13.2 Å². The number of fused-ring (bicyclic) bond motifs is 2. The fourth-order valence-electron chi connectivity index (χ4n) is 3.95. The van der Waals surface area contributed by atoms with Crippen LogP contribution in [0.3, 0.4) is 0 Å². The molecule has 8 nitrogen and oxygen atoms in total.